The average molecular weight is 443 g/mol. The number of carbonyl (C=O) groups excluding carboxylic acids is 1. The van der Waals surface area contributed by atoms with Crippen LogP contribution >= 0.6 is 0 Å². The quantitative estimate of drug-likeness (QED) is 0.606. The van der Waals surface area contributed by atoms with Gasteiger partial charge in [-0.05, 0) is 56.2 Å². The molecule has 2 aromatic heterocycles. The molecule has 7 nitrogen and oxygen atoms in total. The molecule has 0 saturated heterocycles. The summed E-state index contributed by atoms with van der Waals surface area (Å²) < 4.78 is 0. The Morgan fingerprint density at radius 2 is 1.76 bits per heavy atom. The van der Waals surface area contributed by atoms with E-state index in [-0.39, 0.29) is 11.9 Å². The van der Waals surface area contributed by atoms with Gasteiger partial charge in [0.2, 0.25) is 11.9 Å². The van der Waals surface area contributed by atoms with E-state index in [1.807, 2.05) is 30.5 Å². The zero-order valence-corrected chi connectivity index (χ0v) is 19.0. The molecule has 1 aliphatic heterocycles. The maximum absolute atomic E-state index is 11.3. The number of hydrogen-bond acceptors (Lipinski definition) is 6. The molecule has 0 unspecified atom stereocenters. The monoisotopic (exact) mass is 442 g/mol. The van der Waals surface area contributed by atoms with Gasteiger partial charge < -0.3 is 15.5 Å². The van der Waals surface area contributed by atoms with E-state index in [0.717, 1.165) is 68.0 Å². The van der Waals surface area contributed by atoms with Crippen LogP contribution in [0.3, 0.4) is 0 Å². The molecular weight excluding hydrogens is 412 g/mol. The zero-order chi connectivity index (χ0) is 22.6. The van der Waals surface area contributed by atoms with Crippen molar-refractivity contribution in [2.75, 3.05) is 16.8 Å². The lowest BCUT2D eigenvalue weighted by atomic mass is 9.91. The Bertz CT molecular complexity index is 1110. The molecule has 7 heteroatoms. The molecule has 170 valence electrons. The van der Waals surface area contributed by atoms with Crippen molar-refractivity contribution in [3.05, 3.63) is 60.3 Å². The van der Waals surface area contributed by atoms with Crippen molar-refractivity contribution in [1.82, 2.24) is 20.3 Å². The van der Waals surface area contributed by atoms with Gasteiger partial charge in [0.15, 0.2) is 0 Å². The summed E-state index contributed by atoms with van der Waals surface area (Å²) in [5.41, 5.74) is 3.35. The summed E-state index contributed by atoms with van der Waals surface area (Å²) in [7, 11) is 0. The molecule has 1 saturated carbocycles. The summed E-state index contributed by atoms with van der Waals surface area (Å²) in [6.45, 7) is 2.47. The molecule has 1 fully saturated rings. The minimum atomic E-state index is 0.0493. The van der Waals surface area contributed by atoms with Gasteiger partial charge >= 0.3 is 0 Å². The van der Waals surface area contributed by atoms with Crippen LogP contribution in [0.1, 0.15) is 44.6 Å². The highest BCUT2D eigenvalue weighted by Gasteiger charge is 2.24. The van der Waals surface area contributed by atoms with Crippen LogP contribution in [0.5, 0.6) is 0 Å². The predicted molar refractivity (Wildman–Crippen MR) is 131 cm³/mol. The summed E-state index contributed by atoms with van der Waals surface area (Å²) in [4.78, 5) is 27.9. The number of nitrogens with one attached hydrogen (secondary N) is 2. The molecule has 5 rings (SSSR count). The minimum Gasteiger partial charge on any atom is -0.354 e. The van der Waals surface area contributed by atoms with E-state index in [1.54, 1.807) is 6.92 Å². The lowest BCUT2D eigenvalue weighted by Gasteiger charge is -2.31. The van der Waals surface area contributed by atoms with Gasteiger partial charge in [-0.3, -0.25) is 4.79 Å². The Labute approximate surface area is 194 Å². The first-order chi connectivity index (χ1) is 16.2. The summed E-state index contributed by atoms with van der Waals surface area (Å²) in [5, 5.41) is 6.55. The summed E-state index contributed by atoms with van der Waals surface area (Å²) in [6.07, 6.45) is 7.86. The number of fused-ring (bicyclic) bond motifs is 1. The number of aryl methyl sites for hydroxylation is 1. The van der Waals surface area contributed by atoms with Crippen molar-refractivity contribution in [1.29, 1.82) is 0 Å². The maximum Gasteiger partial charge on any atom is 0.224 e. The molecule has 0 spiro atoms. The van der Waals surface area contributed by atoms with Crippen LogP contribution in [0.15, 0.2) is 54.7 Å². The lowest BCUT2D eigenvalue weighted by molar-refractivity contribution is -0.119. The molecule has 0 bridgehead atoms. The molecule has 1 aromatic carbocycles. The molecule has 0 radical (unpaired) electrons. The summed E-state index contributed by atoms with van der Waals surface area (Å²) >= 11 is 0. The normalized spacial score (nSPS) is 20.1. The molecule has 2 N–H and O–H groups in total. The topological polar surface area (TPSA) is 83.0 Å². The van der Waals surface area contributed by atoms with Gasteiger partial charge in [0.05, 0.1) is 5.69 Å². The standard InChI is InChI=1S/C26H30N6O/c1-18(33)28-21-10-12-22(13-11-21)29-26-27-16-15-24(31-26)32-17-5-8-20-9-14-23(30-25(20)32)19-6-3-2-4-7-19/h2-4,6-7,9,14-16,21-22H,5,8,10-13,17H2,1H3,(H,28,33)(H,27,29,31)/t21-,22-. The Balaban J connectivity index is 1.33. The van der Waals surface area contributed by atoms with E-state index in [1.165, 1.54) is 5.56 Å². The van der Waals surface area contributed by atoms with Gasteiger partial charge in [-0.15, -0.1) is 0 Å². The smallest absolute Gasteiger partial charge is 0.224 e. The number of rotatable bonds is 5. The Hall–Kier alpha value is -3.48. The van der Waals surface area contributed by atoms with Gasteiger partial charge in [0, 0.05) is 37.3 Å². The minimum absolute atomic E-state index is 0.0493. The second-order valence-electron chi connectivity index (χ2n) is 8.93. The number of nitrogens with zero attached hydrogens (tertiary/aromatic N) is 4. The number of amides is 1. The molecule has 3 heterocycles. The number of benzene rings is 1. The number of aromatic nitrogens is 3. The van der Waals surface area contributed by atoms with E-state index in [2.05, 4.69) is 44.8 Å². The third kappa shape index (κ3) is 4.97. The number of anilines is 3. The predicted octanol–water partition coefficient (Wildman–Crippen LogP) is 4.48. The molecule has 3 aromatic rings. The van der Waals surface area contributed by atoms with Crippen LogP contribution in [0.25, 0.3) is 11.3 Å². The van der Waals surface area contributed by atoms with E-state index in [9.17, 15) is 4.79 Å². The van der Waals surface area contributed by atoms with Crippen molar-refractivity contribution < 1.29 is 4.79 Å². The van der Waals surface area contributed by atoms with Crippen molar-refractivity contribution in [3.8, 4) is 11.3 Å². The third-order valence-corrected chi connectivity index (χ3v) is 6.49. The largest absolute Gasteiger partial charge is 0.354 e. The van der Waals surface area contributed by atoms with Crippen molar-refractivity contribution in [2.45, 2.75) is 57.5 Å². The Morgan fingerprint density at radius 1 is 0.970 bits per heavy atom. The van der Waals surface area contributed by atoms with Gasteiger partial charge in [-0.25, -0.2) is 9.97 Å². The fourth-order valence-electron chi connectivity index (χ4n) is 4.85. The molecular formula is C26H30N6O. The second-order valence-corrected chi connectivity index (χ2v) is 8.93. The van der Waals surface area contributed by atoms with Crippen molar-refractivity contribution in [2.24, 2.45) is 0 Å². The number of carbonyl (C=O) groups is 1. The molecule has 2 aliphatic rings. The second kappa shape index (κ2) is 9.57. The highest BCUT2D eigenvalue weighted by Crippen LogP contribution is 2.33. The third-order valence-electron chi connectivity index (χ3n) is 6.49. The first-order valence-electron chi connectivity index (χ1n) is 11.9. The zero-order valence-electron chi connectivity index (χ0n) is 19.0. The van der Waals surface area contributed by atoms with Crippen molar-refractivity contribution in [3.63, 3.8) is 0 Å². The Morgan fingerprint density at radius 3 is 2.55 bits per heavy atom. The molecule has 0 atom stereocenters. The van der Waals surface area contributed by atoms with E-state index in [0.29, 0.717) is 12.0 Å². The first-order valence-corrected chi connectivity index (χ1v) is 11.9. The van der Waals surface area contributed by atoms with Crippen LogP contribution in [0.4, 0.5) is 17.6 Å². The van der Waals surface area contributed by atoms with Gasteiger partial charge in [0.1, 0.15) is 11.6 Å². The van der Waals surface area contributed by atoms with E-state index in [4.69, 9.17) is 9.97 Å². The molecule has 33 heavy (non-hydrogen) atoms. The number of pyridine rings is 1. The first kappa shape index (κ1) is 21.4. The SMILES string of the molecule is CC(=O)N[C@H]1CC[C@H](Nc2nccc(N3CCCc4ccc(-c5ccccc5)nc43)n2)CC1. The van der Waals surface area contributed by atoms with Gasteiger partial charge in [-0.1, -0.05) is 36.4 Å². The average Bonchev–Trinajstić information content (AvgIpc) is 2.85. The fraction of sp³-hybridized carbons (Fsp3) is 0.385. The van der Waals surface area contributed by atoms with Crippen LogP contribution in [-0.4, -0.2) is 39.5 Å². The van der Waals surface area contributed by atoms with Crippen LogP contribution in [0, 0.1) is 0 Å². The van der Waals surface area contributed by atoms with E-state index < -0.39 is 0 Å². The molecule has 1 amide bonds. The number of hydrogen-bond donors (Lipinski definition) is 2. The van der Waals surface area contributed by atoms with Gasteiger partial charge in [0.25, 0.3) is 0 Å². The lowest BCUT2D eigenvalue weighted by Crippen LogP contribution is -2.39. The van der Waals surface area contributed by atoms with E-state index >= 15 is 0 Å². The summed E-state index contributed by atoms with van der Waals surface area (Å²) in [5.74, 6) is 2.57. The fourth-order valence-corrected chi connectivity index (χ4v) is 4.85. The van der Waals surface area contributed by atoms with Crippen LogP contribution < -0.4 is 15.5 Å². The highest BCUT2D eigenvalue weighted by molar-refractivity contribution is 5.73. The summed E-state index contributed by atoms with van der Waals surface area (Å²) in [6, 6.07) is 17.2. The molecule has 1 aliphatic carbocycles. The van der Waals surface area contributed by atoms with Crippen LogP contribution in [-0.2, 0) is 11.2 Å². The maximum atomic E-state index is 11.3. The van der Waals surface area contributed by atoms with Crippen molar-refractivity contribution >= 4 is 23.5 Å². The highest BCUT2D eigenvalue weighted by atomic mass is 16.1. The van der Waals surface area contributed by atoms with Crippen LogP contribution in [0.2, 0.25) is 0 Å². The Kier molecular flexibility index (Phi) is 6.19. The van der Waals surface area contributed by atoms with Gasteiger partial charge in [-0.2, -0.15) is 4.98 Å².